The number of aromatic nitrogens is 2. The first-order valence-electron chi connectivity index (χ1n) is 8.90. The van der Waals surface area contributed by atoms with Crippen molar-refractivity contribution < 1.29 is 4.90 Å². The number of hydrogen-bond donors (Lipinski definition) is 1. The van der Waals surface area contributed by atoms with Crippen molar-refractivity contribution in [3.63, 3.8) is 0 Å². The third-order valence-corrected chi connectivity index (χ3v) is 6.71. The minimum Gasteiger partial charge on any atom is -0.345 e. The molecule has 0 aliphatic carbocycles. The number of anilines is 1. The number of fused-ring (bicyclic) bond motifs is 1. The molecule has 0 bridgehead atoms. The van der Waals surface area contributed by atoms with Gasteiger partial charge >= 0.3 is 0 Å². The Bertz CT molecular complexity index is 919. The topological polar surface area (TPSA) is 33.5 Å². The van der Waals surface area contributed by atoms with Gasteiger partial charge in [0.25, 0.3) is 0 Å². The molecule has 7 heteroatoms. The zero-order valence-corrected chi connectivity index (χ0v) is 17.0. The van der Waals surface area contributed by atoms with E-state index in [-0.39, 0.29) is 0 Å². The highest BCUT2D eigenvalue weighted by molar-refractivity contribution is 7.18. The second kappa shape index (κ2) is 7.69. The molecule has 1 saturated heterocycles. The number of rotatable bonds is 4. The zero-order chi connectivity index (χ0) is 18.1. The summed E-state index contributed by atoms with van der Waals surface area (Å²) >= 11 is 14.1. The van der Waals surface area contributed by atoms with Gasteiger partial charge in [0.2, 0.25) is 0 Å². The van der Waals surface area contributed by atoms with Crippen molar-refractivity contribution in [3.8, 4) is 0 Å². The molecule has 0 amide bonds. The lowest BCUT2D eigenvalue weighted by Crippen LogP contribution is -3.13. The van der Waals surface area contributed by atoms with Crippen LogP contribution in [0.3, 0.4) is 0 Å². The maximum absolute atomic E-state index is 6.33. The summed E-state index contributed by atoms with van der Waals surface area (Å²) in [6, 6.07) is 8.03. The van der Waals surface area contributed by atoms with Crippen LogP contribution in [0.2, 0.25) is 10.0 Å². The van der Waals surface area contributed by atoms with Gasteiger partial charge in [0.1, 0.15) is 23.5 Å². The smallest absolute Gasteiger partial charge is 0.141 e. The lowest BCUT2D eigenvalue weighted by molar-refractivity contribution is -0.914. The van der Waals surface area contributed by atoms with E-state index in [0.29, 0.717) is 5.02 Å². The summed E-state index contributed by atoms with van der Waals surface area (Å²) in [5, 5.41) is 2.64. The summed E-state index contributed by atoms with van der Waals surface area (Å²) in [6.07, 6.45) is 2.74. The predicted octanol–water partition coefficient (Wildman–Crippen LogP) is 3.47. The molecule has 4 nitrogen and oxygen atoms in total. The van der Waals surface area contributed by atoms with Crippen LogP contribution >= 0.6 is 34.5 Å². The van der Waals surface area contributed by atoms with E-state index in [1.807, 2.05) is 18.2 Å². The number of thiophene rings is 1. The van der Waals surface area contributed by atoms with Crippen LogP contribution < -0.4 is 9.80 Å². The van der Waals surface area contributed by atoms with Gasteiger partial charge in [-0.15, -0.1) is 11.3 Å². The Morgan fingerprint density at radius 1 is 1.15 bits per heavy atom. The molecule has 2 aromatic heterocycles. The van der Waals surface area contributed by atoms with Crippen LogP contribution in [0, 0.1) is 0 Å². The van der Waals surface area contributed by atoms with Crippen molar-refractivity contribution >= 4 is 50.6 Å². The number of piperazine rings is 1. The van der Waals surface area contributed by atoms with Crippen LogP contribution in [-0.2, 0) is 13.0 Å². The average Bonchev–Trinajstić information content (AvgIpc) is 3.08. The lowest BCUT2D eigenvalue weighted by Gasteiger charge is -2.33. The summed E-state index contributed by atoms with van der Waals surface area (Å²) in [5.74, 6) is 1.08. The first-order valence-corrected chi connectivity index (χ1v) is 10.5. The SMILES string of the molecule is CCc1cc2c(N3CC[NH+](Cc4ccc(Cl)cc4Cl)CC3)ncnc2s1. The largest absolute Gasteiger partial charge is 0.345 e. The van der Waals surface area contributed by atoms with E-state index in [9.17, 15) is 0 Å². The lowest BCUT2D eigenvalue weighted by atomic mass is 10.2. The van der Waals surface area contributed by atoms with E-state index in [1.54, 1.807) is 17.7 Å². The summed E-state index contributed by atoms with van der Waals surface area (Å²) < 4.78 is 0. The summed E-state index contributed by atoms with van der Waals surface area (Å²) in [5.41, 5.74) is 1.16. The molecular formula is C19H21Cl2N4S+. The van der Waals surface area contributed by atoms with E-state index in [4.69, 9.17) is 23.2 Å². The highest BCUT2D eigenvalue weighted by Gasteiger charge is 2.23. The molecule has 0 atom stereocenters. The normalized spacial score (nSPS) is 15.7. The van der Waals surface area contributed by atoms with E-state index in [2.05, 4.69) is 27.9 Å². The van der Waals surface area contributed by atoms with Gasteiger partial charge in [0.05, 0.1) is 36.6 Å². The number of hydrogen-bond acceptors (Lipinski definition) is 4. The Labute approximate surface area is 167 Å². The van der Waals surface area contributed by atoms with E-state index in [0.717, 1.165) is 60.4 Å². The minimum absolute atomic E-state index is 0.688. The number of nitrogens with one attached hydrogen (secondary N) is 1. The molecule has 4 rings (SSSR count). The number of nitrogens with zero attached hydrogens (tertiary/aromatic N) is 3. The van der Waals surface area contributed by atoms with Crippen LogP contribution in [0.25, 0.3) is 10.2 Å². The number of aryl methyl sites for hydroxylation is 1. The standard InChI is InChI=1S/C19H20Cl2N4S/c1-2-15-10-16-18(22-12-23-19(16)26-15)25-7-5-24(6-8-25)11-13-3-4-14(20)9-17(13)21/h3-4,9-10,12H,2,5-8,11H2,1H3/p+1. The molecule has 0 saturated carbocycles. The maximum Gasteiger partial charge on any atom is 0.141 e. The van der Waals surface area contributed by atoms with Crippen LogP contribution in [0.15, 0.2) is 30.6 Å². The summed E-state index contributed by atoms with van der Waals surface area (Å²) in [6.45, 7) is 7.22. The predicted molar refractivity (Wildman–Crippen MR) is 110 cm³/mol. The van der Waals surface area contributed by atoms with Gasteiger partial charge in [-0.05, 0) is 24.6 Å². The van der Waals surface area contributed by atoms with Gasteiger partial charge in [0, 0.05) is 15.5 Å². The fraction of sp³-hybridized carbons (Fsp3) is 0.368. The van der Waals surface area contributed by atoms with Gasteiger partial charge in [0.15, 0.2) is 0 Å². The number of benzene rings is 1. The quantitative estimate of drug-likeness (QED) is 0.718. The van der Waals surface area contributed by atoms with E-state index < -0.39 is 0 Å². The third kappa shape index (κ3) is 3.67. The van der Waals surface area contributed by atoms with Gasteiger partial charge < -0.3 is 9.80 Å². The first kappa shape index (κ1) is 18.0. The molecule has 0 radical (unpaired) electrons. The molecule has 3 aromatic rings. The Morgan fingerprint density at radius 2 is 1.96 bits per heavy atom. The average molecular weight is 408 g/mol. The Hall–Kier alpha value is -1.40. The zero-order valence-electron chi connectivity index (χ0n) is 14.6. The molecule has 1 fully saturated rings. The van der Waals surface area contributed by atoms with Gasteiger partial charge in [-0.2, -0.15) is 0 Å². The Kier molecular flexibility index (Phi) is 5.32. The summed E-state index contributed by atoms with van der Waals surface area (Å²) in [4.78, 5) is 15.4. The van der Waals surface area contributed by atoms with Crippen molar-refractivity contribution in [1.29, 1.82) is 0 Å². The van der Waals surface area contributed by atoms with Crippen LogP contribution in [0.4, 0.5) is 5.82 Å². The molecular weight excluding hydrogens is 387 g/mol. The van der Waals surface area contributed by atoms with Crippen molar-refractivity contribution in [3.05, 3.63) is 51.1 Å². The van der Waals surface area contributed by atoms with Crippen molar-refractivity contribution in [1.82, 2.24) is 9.97 Å². The first-order chi connectivity index (χ1) is 12.6. The van der Waals surface area contributed by atoms with E-state index >= 15 is 0 Å². The molecule has 1 N–H and O–H groups in total. The fourth-order valence-corrected chi connectivity index (χ4v) is 4.87. The molecule has 3 heterocycles. The number of quaternary nitrogens is 1. The van der Waals surface area contributed by atoms with Gasteiger partial charge in [-0.3, -0.25) is 0 Å². The second-order valence-corrected chi connectivity index (χ2v) is 8.59. The number of halogens is 2. The fourth-order valence-electron chi connectivity index (χ4n) is 3.47. The molecule has 1 aliphatic heterocycles. The van der Waals surface area contributed by atoms with Gasteiger partial charge in [-0.1, -0.05) is 36.2 Å². The van der Waals surface area contributed by atoms with Crippen molar-refractivity contribution in [2.75, 3.05) is 31.1 Å². The van der Waals surface area contributed by atoms with Crippen molar-refractivity contribution in [2.24, 2.45) is 0 Å². The molecule has 1 aromatic carbocycles. The van der Waals surface area contributed by atoms with Crippen LogP contribution in [0.5, 0.6) is 0 Å². The summed E-state index contributed by atoms with van der Waals surface area (Å²) in [7, 11) is 0. The van der Waals surface area contributed by atoms with Crippen LogP contribution in [0.1, 0.15) is 17.4 Å². The highest BCUT2D eigenvalue weighted by atomic mass is 35.5. The van der Waals surface area contributed by atoms with Gasteiger partial charge in [-0.25, -0.2) is 9.97 Å². The monoisotopic (exact) mass is 407 g/mol. The molecule has 26 heavy (non-hydrogen) atoms. The maximum atomic E-state index is 6.33. The molecule has 1 aliphatic rings. The molecule has 136 valence electrons. The Balaban J connectivity index is 1.46. The Morgan fingerprint density at radius 3 is 2.69 bits per heavy atom. The van der Waals surface area contributed by atoms with Crippen molar-refractivity contribution in [2.45, 2.75) is 19.9 Å². The minimum atomic E-state index is 0.688. The second-order valence-electron chi connectivity index (χ2n) is 6.63. The van der Waals surface area contributed by atoms with Crippen LogP contribution in [-0.4, -0.2) is 36.1 Å². The molecule has 0 spiro atoms. The highest BCUT2D eigenvalue weighted by Crippen LogP contribution is 2.30. The molecule has 0 unspecified atom stereocenters. The third-order valence-electron chi connectivity index (χ3n) is 4.93. The van der Waals surface area contributed by atoms with E-state index in [1.165, 1.54) is 15.2 Å².